The Bertz CT molecular complexity index is 1220. The molecule has 0 atom stereocenters. The van der Waals surface area contributed by atoms with Crippen LogP contribution in [0.5, 0.6) is 0 Å². The SMILES string of the molecule is CC/C1=C(\c2ccccc2)NC/C=C\C=C/C1.CC1CCC(C)CC1.Cc1nc(N(C)C)c2ccccc2n1. The van der Waals surface area contributed by atoms with Crippen molar-refractivity contribution in [3.05, 3.63) is 95.9 Å². The van der Waals surface area contributed by atoms with Crippen molar-refractivity contribution in [1.29, 1.82) is 0 Å². The van der Waals surface area contributed by atoms with Gasteiger partial charge in [-0.1, -0.05) is 113 Å². The van der Waals surface area contributed by atoms with Crippen LogP contribution in [0.1, 0.15) is 70.7 Å². The molecule has 2 heterocycles. The quantitative estimate of drug-likeness (QED) is 0.372. The first-order valence-corrected chi connectivity index (χ1v) is 14.6. The summed E-state index contributed by atoms with van der Waals surface area (Å²) in [5, 5.41) is 4.63. The molecule has 2 aromatic carbocycles. The smallest absolute Gasteiger partial charge is 0.139 e. The van der Waals surface area contributed by atoms with E-state index in [0.29, 0.717) is 0 Å². The minimum atomic E-state index is 0.812. The average Bonchev–Trinajstić information content (AvgIpc) is 3.07. The molecule has 1 aromatic heterocycles. The molecule has 0 radical (unpaired) electrons. The molecule has 2 aliphatic rings. The van der Waals surface area contributed by atoms with E-state index in [4.69, 9.17) is 0 Å². The maximum Gasteiger partial charge on any atom is 0.139 e. The van der Waals surface area contributed by atoms with Gasteiger partial charge in [0.05, 0.1) is 5.52 Å². The molecule has 208 valence electrons. The van der Waals surface area contributed by atoms with Gasteiger partial charge in [0.15, 0.2) is 0 Å². The van der Waals surface area contributed by atoms with E-state index in [9.17, 15) is 0 Å². The number of nitrogens with one attached hydrogen (secondary N) is 1. The number of aromatic nitrogens is 2. The van der Waals surface area contributed by atoms with Gasteiger partial charge in [-0.15, -0.1) is 0 Å². The van der Waals surface area contributed by atoms with Gasteiger partial charge in [-0.05, 0) is 54.9 Å². The number of aryl methyl sites for hydroxylation is 1. The van der Waals surface area contributed by atoms with Gasteiger partial charge >= 0.3 is 0 Å². The van der Waals surface area contributed by atoms with Crippen LogP contribution in [0.4, 0.5) is 5.82 Å². The molecule has 4 nitrogen and oxygen atoms in total. The van der Waals surface area contributed by atoms with Gasteiger partial charge in [0.1, 0.15) is 11.6 Å². The fourth-order valence-corrected chi connectivity index (χ4v) is 5.00. The van der Waals surface area contributed by atoms with E-state index >= 15 is 0 Å². The van der Waals surface area contributed by atoms with Crippen molar-refractivity contribution >= 4 is 22.4 Å². The molecule has 39 heavy (non-hydrogen) atoms. The zero-order valence-electron chi connectivity index (χ0n) is 25.0. The van der Waals surface area contributed by atoms with Gasteiger partial charge in [-0.2, -0.15) is 0 Å². The number of rotatable bonds is 3. The molecule has 3 aromatic rings. The minimum absolute atomic E-state index is 0.812. The Balaban J connectivity index is 0.000000172. The molecular formula is C35H48N4. The summed E-state index contributed by atoms with van der Waals surface area (Å²) in [6, 6.07) is 18.6. The third-order valence-electron chi connectivity index (χ3n) is 7.41. The van der Waals surface area contributed by atoms with Crippen LogP contribution in [0.15, 0.2) is 84.5 Å². The van der Waals surface area contributed by atoms with E-state index < -0.39 is 0 Å². The monoisotopic (exact) mass is 524 g/mol. The molecule has 4 heteroatoms. The highest BCUT2D eigenvalue weighted by molar-refractivity contribution is 5.89. The van der Waals surface area contributed by atoms with Gasteiger partial charge in [-0.25, -0.2) is 9.97 Å². The Morgan fingerprint density at radius 2 is 1.44 bits per heavy atom. The normalized spacial score (nSPS) is 22.4. The molecule has 1 fully saturated rings. The fraction of sp³-hybridized carbons (Fsp3) is 0.429. The summed E-state index contributed by atoms with van der Waals surface area (Å²) in [6.45, 7) is 9.76. The van der Waals surface area contributed by atoms with Crippen LogP contribution < -0.4 is 10.2 Å². The Morgan fingerprint density at radius 1 is 0.821 bits per heavy atom. The fourth-order valence-electron chi connectivity index (χ4n) is 5.00. The topological polar surface area (TPSA) is 41.1 Å². The first-order valence-electron chi connectivity index (χ1n) is 14.6. The lowest BCUT2D eigenvalue weighted by atomic mass is 9.84. The molecule has 1 saturated carbocycles. The molecular weight excluding hydrogens is 476 g/mol. The molecule has 1 aliphatic heterocycles. The molecule has 0 spiro atoms. The highest BCUT2D eigenvalue weighted by Crippen LogP contribution is 2.27. The van der Waals surface area contributed by atoms with Crippen LogP contribution >= 0.6 is 0 Å². The molecule has 0 saturated heterocycles. The van der Waals surface area contributed by atoms with Crippen molar-refractivity contribution in [3.8, 4) is 0 Å². The predicted octanol–water partition coefficient (Wildman–Crippen LogP) is 8.75. The number of para-hydroxylation sites is 1. The largest absolute Gasteiger partial charge is 0.381 e. The number of anilines is 1. The highest BCUT2D eigenvalue weighted by atomic mass is 15.1. The molecule has 1 N–H and O–H groups in total. The van der Waals surface area contributed by atoms with Crippen LogP contribution in [-0.2, 0) is 0 Å². The van der Waals surface area contributed by atoms with E-state index in [1.807, 2.05) is 50.2 Å². The van der Waals surface area contributed by atoms with Crippen molar-refractivity contribution in [2.75, 3.05) is 25.5 Å². The van der Waals surface area contributed by atoms with Crippen LogP contribution in [0.3, 0.4) is 0 Å². The Labute approximate surface area is 237 Å². The maximum atomic E-state index is 4.42. The summed E-state index contributed by atoms with van der Waals surface area (Å²) in [5.74, 6) is 3.83. The van der Waals surface area contributed by atoms with Crippen LogP contribution in [0, 0.1) is 18.8 Å². The van der Waals surface area contributed by atoms with Crippen molar-refractivity contribution in [1.82, 2.24) is 15.3 Å². The number of hydrogen-bond acceptors (Lipinski definition) is 4. The van der Waals surface area contributed by atoms with Crippen LogP contribution in [0.2, 0.25) is 0 Å². The van der Waals surface area contributed by atoms with E-state index in [1.54, 1.807) is 0 Å². The number of hydrogen-bond donors (Lipinski definition) is 1. The lowest BCUT2D eigenvalue weighted by molar-refractivity contribution is 0.308. The summed E-state index contributed by atoms with van der Waals surface area (Å²) in [6.07, 6.45) is 16.6. The van der Waals surface area contributed by atoms with E-state index in [1.165, 1.54) is 42.5 Å². The van der Waals surface area contributed by atoms with E-state index in [2.05, 4.69) is 90.7 Å². The summed E-state index contributed by atoms with van der Waals surface area (Å²) in [7, 11) is 3.99. The van der Waals surface area contributed by atoms with Crippen LogP contribution in [0.25, 0.3) is 16.6 Å². The number of nitrogens with zero attached hydrogens (tertiary/aromatic N) is 3. The van der Waals surface area contributed by atoms with Crippen molar-refractivity contribution in [3.63, 3.8) is 0 Å². The maximum absolute atomic E-state index is 4.42. The lowest BCUT2D eigenvalue weighted by Gasteiger charge is -2.22. The Morgan fingerprint density at radius 3 is 2.08 bits per heavy atom. The van der Waals surface area contributed by atoms with Gasteiger partial charge in [0.25, 0.3) is 0 Å². The van der Waals surface area contributed by atoms with Gasteiger partial charge < -0.3 is 10.2 Å². The molecule has 0 unspecified atom stereocenters. The Kier molecular flexibility index (Phi) is 12.3. The van der Waals surface area contributed by atoms with Crippen LogP contribution in [-0.4, -0.2) is 30.6 Å². The lowest BCUT2D eigenvalue weighted by Crippen LogP contribution is -2.14. The summed E-state index contributed by atoms with van der Waals surface area (Å²) < 4.78 is 0. The van der Waals surface area contributed by atoms with Crippen molar-refractivity contribution in [2.24, 2.45) is 11.8 Å². The van der Waals surface area contributed by atoms with E-state index in [-0.39, 0.29) is 0 Å². The summed E-state index contributed by atoms with van der Waals surface area (Å²) in [4.78, 5) is 10.8. The van der Waals surface area contributed by atoms with Gasteiger partial charge in [-0.3, -0.25) is 0 Å². The third-order valence-corrected chi connectivity index (χ3v) is 7.41. The molecule has 0 amide bonds. The number of allylic oxidation sites excluding steroid dienone is 4. The zero-order valence-corrected chi connectivity index (χ0v) is 25.0. The summed E-state index contributed by atoms with van der Waals surface area (Å²) in [5.41, 5.74) is 5.05. The third kappa shape index (κ3) is 9.69. The predicted molar refractivity (Wildman–Crippen MR) is 170 cm³/mol. The van der Waals surface area contributed by atoms with Crippen molar-refractivity contribution in [2.45, 2.75) is 66.2 Å². The standard InChI is InChI=1S/C16H19N.C11H13N3.C8H16/c1-2-14-10-6-3-4-9-13-17-16(14)15-11-7-5-8-12-15;1-8-12-10-7-5-4-6-9(10)11(13-8)14(2)3;1-7-3-5-8(2)6-4-7/h3-9,11-12,17H,2,10,13H2,1H3;4-7H,1-3H3;7-8H,3-6H2,1-2H3/b6-3-,9-4-,16-14-;;. The molecule has 1 aliphatic carbocycles. The molecule has 5 rings (SSSR count). The van der Waals surface area contributed by atoms with Gasteiger partial charge in [0.2, 0.25) is 0 Å². The first kappa shape index (κ1) is 30.1. The average molecular weight is 525 g/mol. The highest BCUT2D eigenvalue weighted by Gasteiger charge is 2.13. The van der Waals surface area contributed by atoms with E-state index in [0.717, 1.165) is 53.8 Å². The first-order chi connectivity index (χ1) is 18.9. The van der Waals surface area contributed by atoms with Gasteiger partial charge in [0, 0.05) is 31.7 Å². The second kappa shape index (κ2) is 15.9. The van der Waals surface area contributed by atoms with Crippen molar-refractivity contribution < 1.29 is 0 Å². The summed E-state index contributed by atoms with van der Waals surface area (Å²) >= 11 is 0. The second-order valence-corrected chi connectivity index (χ2v) is 11.0. The Hall–Kier alpha value is -3.40. The minimum Gasteiger partial charge on any atom is -0.381 e. The zero-order chi connectivity index (χ0) is 28.0. The number of benzene rings is 2. The number of fused-ring (bicyclic) bond motifs is 1. The second-order valence-electron chi connectivity index (χ2n) is 11.0. The molecule has 0 bridgehead atoms.